The second kappa shape index (κ2) is 8.42. The molecule has 1 spiro atoms. The molecular weight excluding hydrogens is 378 g/mol. The Bertz CT molecular complexity index is 925. The highest BCUT2D eigenvalue weighted by Crippen LogP contribution is 2.39. The molecule has 2 amide bonds. The second-order valence-corrected chi connectivity index (χ2v) is 9.42. The number of benzene rings is 1. The van der Waals surface area contributed by atoms with Crippen LogP contribution in [0.3, 0.4) is 0 Å². The van der Waals surface area contributed by atoms with Crippen molar-refractivity contribution in [3.63, 3.8) is 0 Å². The number of amides is 2. The summed E-state index contributed by atoms with van der Waals surface area (Å²) in [6, 6.07) is 8.01. The highest BCUT2D eigenvalue weighted by Gasteiger charge is 2.43. The minimum Gasteiger partial charge on any atom is -0.370 e. The maximum Gasteiger partial charge on any atom is 0.267 e. The molecule has 1 aromatic carbocycles. The van der Waals surface area contributed by atoms with Crippen molar-refractivity contribution in [2.75, 3.05) is 19.6 Å². The van der Waals surface area contributed by atoms with Crippen molar-refractivity contribution in [2.45, 2.75) is 64.6 Å². The number of hydrogen-bond donors (Lipinski definition) is 2. The van der Waals surface area contributed by atoms with Crippen molar-refractivity contribution in [1.82, 2.24) is 15.2 Å². The SMILES string of the molecule is Cc1ccc2[nH]c(C(=O)NCC3CCC4(CCN(C(=O)CC(C)C)CC4)O3)cc2c1. The average molecular weight is 412 g/mol. The number of aromatic amines is 1. The summed E-state index contributed by atoms with van der Waals surface area (Å²) in [6.45, 7) is 8.28. The number of nitrogens with one attached hydrogen (secondary N) is 2. The molecule has 1 atom stereocenters. The third-order valence-electron chi connectivity index (χ3n) is 6.46. The molecule has 6 heteroatoms. The molecule has 30 heavy (non-hydrogen) atoms. The normalized spacial score (nSPS) is 20.9. The standard InChI is InChI=1S/C24H33N3O3/c1-16(2)12-22(28)27-10-8-24(9-11-27)7-6-19(30-24)15-25-23(29)21-14-18-13-17(3)4-5-20(18)26-21/h4-5,13-14,16,19,26H,6-12,15H2,1-3H3,(H,25,29). The highest BCUT2D eigenvalue weighted by molar-refractivity contribution is 5.98. The number of rotatable bonds is 5. The van der Waals surface area contributed by atoms with Crippen molar-refractivity contribution >= 4 is 22.7 Å². The maximum absolute atomic E-state index is 12.6. The molecule has 2 aliphatic heterocycles. The first kappa shape index (κ1) is 20.9. The maximum atomic E-state index is 12.6. The first-order chi connectivity index (χ1) is 14.3. The summed E-state index contributed by atoms with van der Waals surface area (Å²) in [5, 5.41) is 4.08. The van der Waals surface area contributed by atoms with E-state index in [0.717, 1.165) is 49.7 Å². The minimum absolute atomic E-state index is 0.0403. The van der Waals surface area contributed by atoms with E-state index in [4.69, 9.17) is 4.74 Å². The van der Waals surface area contributed by atoms with Crippen LogP contribution in [0.4, 0.5) is 0 Å². The van der Waals surface area contributed by atoms with Crippen LogP contribution in [0, 0.1) is 12.8 Å². The van der Waals surface area contributed by atoms with E-state index in [1.54, 1.807) is 0 Å². The van der Waals surface area contributed by atoms with E-state index < -0.39 is 0 Å². The van der Waals surface area contributed by atoms with Gasteiger partial charge in [0.25, 0.3) is 5.91 Å². The molecular formula is C24H33N3O3. The van der Waals surface area contributed by atoms with Crippen LogP contribution in [0.1, 0.15) is 62.0 Å². The Labute approximate surface area is 178 Å². The molecule has 2 saturated heterocycles. The van der Waals surface area contributed by atoms with Crippen molar-refractivity contribution in [2.24, 2.45) is 5.92 Å². The van der Waals surface area contributed by atoms with Crippen LogP contribution in [0.15, 0.2) is 24.3 Å². The first-order valence-electron chi connectivity index (χ1n) is 11.2. The van der Waals surface area contributed by atoms with Crippen LogP contribution in [-0.2, 0) is 9.53 Å². The summed E-state index contributed by atoms with van der Waals surface area (Å²) in [5.74, 6) is 0.558. The van der Waals surface area contributed by atoms with Gasteiger partial charge in [-0.3, -0.25) is 9.59 Å². The molecule has 6 nitrogen and oxygen atoms in total. The topological polar surface area (TPSA) is 74.4 Å². The number of carbonyl (C=O) groups is 2. The largest absolute Gasteiger partial charge is 0.370 e. The van der Waals surface area contributed by atoms with Gasteiger partial charge in [-0.25, -0.2) is 0 Å². The molecule has 2 aromatic rings. The Morgan fingerprint density at radius 3 is 2.73 bits per heavy atom. The molecule has 3 heterocycles. The summed E-state index contributed by atoms with van der Waals surface area (Å²) >= 11 is 0. The van der Waals surface area contributed by atoms with Crippen LogP contribution in [0.25, 0.3) is 10.9 Å². The number of aryl methyl sites for hydroxylation is 1. The van der Waals surface area contributed by atoms with Gasteiger partial charge in [0.05, 0.1) is 11.7 Å². The Kier molecular flexibility index (Phi) is 5.87. The number of ether oxygens (including phenoxy) is 1. The number of nitrogens with zero attached hydrogens (tertiary/aromatic N) is 1. The van der Waals surface area contributed by atoms with Crippen LogP contribution in [-0.4, -0.2) is 53.0 Å². The third kappa shape index (κ3) is 4.53. The van der Waals surface area contributed by atoms with Gasteiger partial charge in [-0.1, -0.05) is 25.5 Å². The highest BCUT2D eigenvalue weighted by atomic mass is 16.5. The molecule has 0 aliphatic carbocycles. The minimum atomic E-state index is -0.122. The molecule has 0 saturated carbocycles. The van der Waals surface area contributed by atoms with Crippen LogP contribution in [0.5, 0.6) is 0 Å². The van der Waals surface area contributed by atoms with E-state index in [-0.39, 0.29) is 23.5 Å². The molecule has 0 radical (unpaired) electrons. The molecule has 2 N–H and O–H groups in total. The summed E-state index contributed by atoms with van der Waals surface area (Å²) in [6.07, 6.45) is 4.40. The third-order valence-corrected chi connectivity index (χ3v) is 6.46. The second-order valence-electron chi connectivity index (χ2n) is 9.42. The first-order valence-corrected chi connectivity index (χ1v) is 11.2. The fraction of sp³-hybridized carbons (Fsp3) is 0.583. The molecule has 0 bridgehead atoms. The van der Waals surface area contributed by atoms with Gasteiger partial charge < -0.3 is 19.9 Å². The van der Waals surface area contributed by atoms with E-state index in [0.29, 0.717) is 24.6 Å². The van der Waals surface area contributed by atoms with Crippen molar-refractivity contribution < 1.29 is 14.3 Å². The van der Waals surface area contributed by atoms with Gasteiger partial charge in [0.15, 0.2) is 0 Å². The van der Waals surface area contributed by atoms with Crippen molar-refractivity contribution in [1.29, 1.82) is 0 Å². The van der Waals surface area contributed by atoms with E-state index in [1.165, 1.54) is 5.56 Å². The van der Waals surface area contributed by atoms with Gasteiger partial charge in [-0.05, 0) is 56.7 Å². The van der Waals surface area contributed by atoms with Gasteiger partial charge >= 0.3 is 0 Å². The zero-order valence-corrected chi connectivity index (χ0v) is 18.3. The van der Waals surface area contributed by atoms with Gasteiger partial charge in [0, 0.05) is 37.0 Å². The summed E-state index contributed by atoms with van der Waals surface area (Å²) < 4.78 is 6.40. The zero-order valence-electron chi connectivity index (χ0n) is 18.3. The van der Waals surface area contributed by atoms with Crippen molar-refractivity contribution in [3.8, 4) is 0 Å². The van der Waals surface area contributed by atoms with Gasteiger partial charge in [-0.2, -0.15) is 0 Å². The number of aromatic nitrogens is 1. The van der Waals surface area contributed by atoms with Crippen LogP contribution < -0.4 is 5.32 Å². The van der Waals surface area contributed by atoms with Crippen LogP contribution >= 0.6 is 0 Å². The molecule has 162 valence electrons. The molecule has 1 aromatic heterocycles. The zero-order chi connectivity index (χ0) is 21.3. The summed E-state index contributed by atoms with van der Waals surface area (Å²) in [7, 11) is 0. The Hall–Kier alpha value is -2.34. The molecule has 2 aliphatic rings. The number of H-pyrrole nitrogens is 1. The average Bonchev–Trinajstić information content (AvgIpc) is 3.30. The number of fused-ring (bicyclic) bond motifs is 1. The fourth-order valence-electron chi connectivity index (χ4n) is 4.73. The molecule has 1 unspecified atom stereocenters. The lowest BCUT2D eigenvalue weighted by atomic mass is 9.88. The Morgan fingerprint density at radius 2 is 2.00 bits per heavy atom. The quantitative estimate of drug-likeness (QED) is 0.786. The number of carbonyl (C=O) groups excluding carboxylic acids is 2. The summed E-state index contributed by atoms with van der Waals surface area (Å²) in [4.78, 5) is 30.1. The van der Waals surface area contributed by atoms with E-state index >= 15 is 0 Å². The fourth-order valence-corrected chi connectivity index (χ4v) is 4.73. The van der Waals surface area contributed by atoms with Gasteiger partial charge in [-0.15, -0.1) is 0 Å². The predicted octanol–water partition coefficient (Wildman–Crippen LogP) is 3.79. The number of hydrogen-bond acceptors (Lipinski definition) is 3. The Morgan fingerprint density at radius 1 is 1.23 bits per heavy atom. The van der Waals surface area contributed by atoms with E-state index in [9.17, 15) is 9.59 Å². The lowest BCUT2D eigenvalue weighted by Crippen LogP contribution is -2.47. The number of piperidine rings is 1. The monoisotopic (exact) mass is 411 g/mol. The predicted molar refractivity (Wildman–Crippen MR) is 117 cm³/mol. The van der Waals surface area contributed by atoms with Gasteiger partial charge in [0.1, 0.15) is 5.69 Å². The van der Waals surface area contributed by atoms with Gasteiger partial charge in [0.2, 0.25) is 5.91 Å². The lowest BCUT2D eigenvalue weighted by molar-refractivity contribution is -0.138. The van der Waals surface area contributed by atoms with E-state index in [1.807, 2.05) is 30.0 Å². The number of likely N-dealkylation sites (tertiary alicyclic amines) is 1. The lowest BCUT2D eigenvalue weighted by Gasteiger charge is -2.39. The van der Waals surface area contributed by atoms with Crippen molar-refractivity contribution in [3.05, 3.63) is 35.5 Å². The smallest absolute Gasteiger partial charge is 0.267 e. The summed E-state index contributed by atoms with van der Waals surface area (Å²) in [5.41, 5.74) is 2.61. The Balaban J connectivity index is 1.27. The van der Waals surface area contributed by atoms with E-state index in [2.05, 4.69) is 30.2 Å². The molecule has 4 rings (SSSR count). The molecule has 2 fully saturated rings. The van der Waals surface area contributed by atoms with Crippen LogP contribution in [0.2, 0.25) is 0 Å².